The largest absolute Gasteiger partial charge is 0.446 e. The Hall–Kier alpha value is -4.01. The molecule has 0 bridgehead atoms. The smallest absolute Gasteiger partial charge is 0.411 e. The van der Waals surface area contributed by atoms with Crippen molar-refractivity contribution in [2.24, 2.45) is 0 Å². The van der Waals surface area contributed by atoms with Crippen LogP contribution in [0.15, 0.2) is 91.1 Å². The third-order valence-electron chi connectivity index (χ3n) is 8.39. The lowest BCUT2D eigenvalue weighted by Crippen LogP contribution is -2.38. The van der Waals surface area contributed by atoms with Crippen molar-refractivity contribution in [2.45, 2.75) is 51.0 Å². The zero-order valence-corrected chi connectivity index (χ0v) is 26.0. The van der Waals surface area contributed by atoms with Crippen molar-refractivity contribution < 1.29 is 19.1 Å². The summed E-state index contributed by atoms with van der Waals surface area (Å²) < 4.78 is 5.77. The van der Waals surface area contributed by atoms with E-state index in [2.05, 4.69) is 35.3 Å². The van der Waals surface area contributed by atoms with E-state index in [1.54, 1.807) is 0 Å². The summed E-state index contributed by atoms with van der Waals surface area (Å²) in [6.07, 6.45) is 9.52. The van der Waals surface area contributed by atoms with Crippen molar-refractivity contribution in [3.8, 4) is 11.1 Å². The van der Waals surface area contributed by atoms with Crippen LogP contribution in [-0.2, 0) is 14.3 Å². The average Bonchev–Trinajstić information content (AvgIpc) is 3.27. The highest BCUT2D eigenvalue weighted by atomic mass is 16.6. The van der Waals surface area contributed by atoms with E-state index in [0.717, 1.165) is 81.6 Å². The molecule has 3 amide bonds. The first kappa shape index (κ1) is 32.9. The summed E-state index contributed by atoms with van der Waals surface area (Å²) in [5.41, 5.74) is 3.48. The van der Waals surface area contributed by atoms with E-state index >= 15 is 0 Å². The van der Waals surface area contributed by atoms with Crippen molar-refractivity contribution >= 4 is 23.6 Å². The van der Waals surface area contributed by atoms with E-state index in [4.69, 9.17) is 4.74 Å². The van der Waals surface area contributed by atoms with Gasteiger partial charge in [-0.25, -0.2) is 4.79 Å². The molecule has 0 spiro atoms. The van der Waals surface area contributed by atoms with Crippen LogP contribution in [0.1, 0.15) is 44.9 Å². The summed E-state index contributed by atoms with van der Waals surface area (Å²) in [6.45, 7) is 12.5. The fraction of sp³-hybridized carbons (Fsp3) is 0.417. The lowest BCUT2D eigenvalue weighted by Gasteiger charge is -2.31. The Balaban J connectivity index is 1.04. The van der Waals surface area contributed by atoms with Gasteiger partial charge in [0.1, 0.15) is 6.10 Å². The highest BCUT2D eigenvalue weighted by Gasteiger charge is 2.34. The SMILES string of the molecule is C=CC1=C(C=C)C(=O)N(CCCN(C)CCCCCCN2CCC(OC(=O)Nc3ccccc3-c3ccccc3)CC2)C1=O. The van der Waals surface area contributed by atoms with E-state index in [1.807, 2.05) is 54.6 Å². The van der Waals surface area contributed by atoms with Gasteiger partial charge >= 0.3 is 6.09 Å². The Morgan fingerprint density at radius 1 is 0.864 bits per heavy atom. The molecule has 1 N–H and O–H groups in total. The van der Waals surface area contributed by atoms with Crippen molar-refractivity contribution in [3.63, 3.8) is 0 Å². The van der Waals surface area contributed by atoms with Crippen LogP contribution < -0.4 is 5.32 Å². The molecule has 234 valence electrons. The number of carbonyl (C=O) groups excluding carboxylic acids is 3. The number of rotatable bonds is 16. The van der Waals surface area contributed by atoms with Crippen LogP contribution in [0.25, 0.3) is 11.1 Å². The molecule has 1 fully saturated rings. The van der Waals surface area contributed by atoms with Gasteiger partial charge in [-0.2, -0.15) is 0 Å². The third kappa shape index (κ3) is 9.00. The second-order valence-corrected chi connectivity index (χ2v) is 11.6. The fourth-order valence-electron chi connectivity index (χ4n) is 5.90. The highest BCUT2D eigenvalue weighted by Crippen LogP contribution is 2.28. The van der Waals surface area contributed by atoms with Gasteiger partial charge in [0.25, 0.3) is 11.8 Å². The van der Waals surface area contributed by atoms with E-state index in [-0.39, 0.29) is 17.9 Å². The first-order valence-electron chi connectivity index (χ1n) is 15.8. The topological polar surface area (TPSA) is 82.2 Å². The number of amides is 3. The Kier molecular flexibility index (Phi) is 12.5. The van der Waals surface area contributed by atoms with E-state index in [1.165, 1.54) is 29.9 Å². The van der Waals surface area contributed by atoms with Crippen LogP contribution in [-0.4, -0.2) is 85.0 Å². The molecule has 2 aliphatic heterocycles. The second-order valence-electron chi connectivity index (χ2n) is 11.6. The molecule has 2 heterocycles. The van der Waals surface area contributed by atoms with Gasteiger partial charge in [0, 0.05) is 25.2 Å². The summed E-state index contributed by atoms with van der Waals surface area (Å²) >= 11 is 0. The van der Waals surface area contributed by atoms with E-state index in [0.29, 0.717) is 17.7 Å². The normalized spacial score (nSPS) is 16.1. The van der Waals surface area contributed by atoms with Gasteiger partial charge in [-0.15, -0.1) is 0 Å². The van der Waals surface area contributed by atoms with Crippen LogP contribution >= 0.6 is 0 Å². The van der Waals surface area contributed by atoms with E-state index in [9.17, 15) is 14.4 Å². The lowest BCUT2D eigenvalue weighted by atomic mass is 10.0. The molecule has 4 rings (SSSR count). The quantitative estimate of drug-likeness (QED) is 0.181. The molecule has 0 radical (unpaired) electrons. The molecule has 0 atom stereocenters. The standard InChI is InChI=1S/C36H46N4O4/c1-4-30-31(5-2)35(42)40(34(30)41)25-15-23-38(3)22-13-6-7-14-24-39-26-20-29(21-27-39)44-36(43)37-33-19-12-11-18-32(33)28-16-9-8-10-17-28/h4-5,8-12,16-19,29H,1-2,6-7,13-15,20-27H2,3H3,(H,37,43). The molecule has 2 aromatic carbocycles. The number of ether oxygens (including phenoxy) is 1. The maximum Gasteiger partial charge on any atom is 0.411 e. The number of likely N-dealkylation sites (tertiary alicyclic amines) is 1. The fourth-order valence-corrected chi connectivity index (χ4v) is 5.90. The summed E-state index contributed by atoms with van der Waals surface area (Å²) in [5, 5.41) is 2.95. The average molecular weight is 599 g/mol. The maximum atomic E-state index is 12.7. The molecule has 1 saturated heterocycles. The number of carbonyl (C=O) groups is 3. The van der Waals surface area contributed by atoms with Gasteiger partial charge in [0.05, 0.1) is 16.8 Å². The minimum absolute atomic E-state index is 0.0586. The first-order chi connectivity index (χ1) is 21.4. The van der Waals surface area contributed by atoms with Gasteiger partial charge in [0.2, 0.25) is 0 Å². The number of unbranched alkanes of at least 4 members (excludes halogenated alkanes) is 3. The molecule has 8 heteroatoms. The summed E-state index contributed by atoms with van der Waals surface area (Å²) in [6, 6.07) is 17.8. The third-order valence-corrected chi connectivity index (χ3v) is 8.39. The predicted octanol–water partition coefficient (Wildman–Crippen LogP) is 6.29. The molecule has 2 aliphatic rings. The number of para-hydroxylation sites is 1. The van der Waals surface area contributed by atoms with Gasteiger partial charge in [-0.1, -0.05) is 86.7 Å². The highest BCUT2D eigenvalue weighted by molar-refractivity contribution is 6.21. The van der Waals surface area contributed by atoms with Crippen LogP contribution in [0.3, 0.4) is 0 Å². The lowest BCUT2D eigenvalue weighted by molar-refractivity contribution is -0.137. The van der Waals surface area contributed by atoms with Crippen LogP contribution in [0, 0.1) is 0 Å². The van der Waals surface area contributed by atoms with Crippen molar-refractivity contribution in [3.05, 3.63) is 91.1 Å². The predicted molar refractivity (Wildman–Crippen MR) is 176 cm³/mol. The Bertz CT molecular complexity index is 1300. The summed E-state index contributed by atoms with van der Waals surface area (Å²) in [7, 11) is 2.09. The van der Waals surface area contributed by atoms with Crippen LogP contribution in [0.4, 0.5) is 10.5 Å². The molecule has 0 aromatic heterocycles. The molecule has 0 unspecified atom stereocenters. The van der Waals surface area contributed by atoms with Gasteiger partial charge < -0.3 is 14.5 Å². The Labute approximate surface area is 262 Å². The first-order valence-corrected chi connectivity index (χ1v) is 15.8. The molecule has 0 saturated carbocycles. The minimum Gasteiger partial charge on any atom is -0.446 e. The number of imide groups is 1. The van der Waals surface area contributed by atoms with Crippen LogP contribution in [0.2, 0.25) is 0 Å². The molecule has 2 aromatic rings. The molecule has 44 heavy (non-hydrogen) atoms. The van der Waals surface area contributed by atoms with E-state index < -0.39 is 6.09 Å². The van der Waals surface area contributed by atoms with Crippen molar-refractivity contribution in [1.29, 1.82) is 0 Å². The number of nitrogens with one attached hydrogen (secondary N) is 1. The zero-order chi connectivity index (χ0) is 31.3. The number of piperidine rings is 1. The zero-order valence-electron chi connectivity index (χ0n) is 26.0. The number of nitrogens with zero attached hydrogens (tertiary/aromatic N) is 3. The number of anilines is 1. The van der Waals surface area contributed by atoms with Crippen molar-refractivity contribution in [1.82, 2.24) is 14.7 Å². The minimum atomic E-state index is -0.393. The van der Waals surface area contributed by atoms with Crippen molar-refractivity contribution in [2.75, 3.05) is 51.6 Å². The second kappa shape index (κ2) is 16.7. The monoisotopic (exact) mass is 598 g/mol. The summed E-state index contributed by atoms with van der Waals surface area (Å²) in [5.74, 6) is -0.545. The Morgan fingerprint density at radius 2 is 1.48 bits per heavy atom. The van der Waals surface area contributed by atoms with Crippen LogP contribution in [0.5, 0.6) is 0 Å². The summed E-state index contributed by atoms with van der Waals surface area (Å²) in [4.78, 5) is 43.6. The molecule has 0 aliphatic carbocycles. The molecular weight excluding hydrogens is 552 g/mol. The maximum absolute atomic E-state index is 12.7. The number of benzene rings is 2. The number of hydrogen-bond donors (Lipinski definition) is 1. The van der Waals surface area contributed by atoms with Gasteiger partial charge in [0.15, 0.2) is 0 Å². The number of hydrogen-bond acceptors (Lipinski definition) is 6. The molecular formula is C36H46N4O4. The van der Waals surface area contributed by atoms with Gasteiger partial charge in [-0.05, 0) is 70.4 Å². The molecule has 8 nitrogen and oxygen atoms in total. The van der Waals surface area contributed by atoms with Gasteiger partial charge in [-0.3, -0.25) is 19.8 Å². The Morgan fingerprint density at radius 3 is 2.16 bits per heavy atom.